The average molecular weight is 268 g/mol. The third-order valence-corrected chi connectivity index (χ3v) is 4.67. The van der Waals surface area contributed by atoms with E-state index in [0.29, 0.717) is 0 Å². The number of aromatic nitrogens is 2. The largest absolute Gasteiger partial charge is 0.355 e. The molecule has 2 unspecified atom stereocenters. The second-order valence-electron chi connectivity index (χ2n) is 5.97. The summed E-state index contributed by atoms with van der Waals surface area (Å²) in [5.74, 6) is 1.85. The molecule has 104 valence electrons. The van der Waals surface area contributed by atoms with Crippen LogP contribution in [0.5, 0.6) is 0 Å². The molecule has 2 atom stereocenters. The Balaban J connectivity index is 1.69. The molecule has 0 bridgehead atoms. The fourth-order valence-corrected chi connectivity index (χ4v) is 3.62. The number of fused-ring (bicyclic) bond motifs is 2. The van der Waals surface area contributed by atoms with Crippen LogP contribution in [0.4, 0.5) is 5.82 Å². The van der Waals surface area contributed by atoms with Gasteiger partial charge in [0, 0.05) is 19.1 Å². The van der Waals surface area contributed by atoms with Gasteiger partial charge in [-0.3, -0.25) is 0 Å². The van der Waals surface area contributed by atoms with E-state index >= 15 is 0 Å². The second-order valence-corrected chi connectivity index (χ2v) is 5.97. The van der Waals surface area contributed by atoms with Gasteiger partial charge in [-0.1, -0.05) is 12.1 Å². The maximum Gasteiger partial charge on any atom is 0.150 e. The molecule has 4 rings (SSSR count). The lowest BCUT2D eigenvalue weighted by Gasteiger charge is -2.36. The van der Waals surface area contributed by atoms with E-state index in [1.807, 2.05) is 18.2 Å². The molecule has 3 heterocycles. The summed E-state index contributed by atoms with van der Waals surface area (Å²) >= 11 is 0. The van der Waals surface area contributed by atoms with Crippen molar-refractivity contribution in [3.8, 4) is 0 Å². The Morgan fingerprint density at radius 2 is 1.95 bits per heavy atom. The lowest BCUT2D eigenvalue weighted by molar-refractivity contribution is 0.374. The number of anilines is 1. The molecule has 4 nitrogen and oxygen atoms in total. The molecule has 2 aliphatic rings. The van der Waals surface area contributed by atoms with E-state index in [9.17, 15) is 0 Å². The van der Waals surface area contributed by atoms with Crippen molar-refractivity contribution in [2.75, 3.05) is 24.5 Å². The summed E-state index contributed by atoms with van der Waals surface area (Å²) in [6, 6.07) is 8.86. The van der Waals surface area contributed by atoms with Crippen molar-refractivity contribution in [2.45, 2.75) is 25.8 Å². The van der Waals surface area contributed by atoms with Crippen LogP contribution in [0, 0.1) is 12.8 Å². The van der Waals surface area contributed by atoms with Crippen LogP contribution in [-0.4, -0.2) is 35.6 Å². The molecule has 0 saturated carbocycles. The van der Waals surface area contributed by atoms with Gasteiger partial charge in [0.15, 0.2) is 5.82 Å². The van der Waals surface area contributed by atoms with Gasteiger partial charge in [0.2, 0.25) is 0 Å². The summed E-state index contributed by atoms with van der Waals surface area (Å²) in [4.78, 5) is 12.0. The Hall–Kier alpha value is -1.68. The van der Waals surface area contributed by atoms with E-state index in [4.69, 9.17) is 9.97 Å². The number of nitrogens with zero attached hydrogens (tertiary/aromatic N) is 3. The molecule has 4 heteroatoms. The molecule has 0 aliphatic carbocycles. The molecular formula is C16H20N4. The Morgan fingerprint density at radius 3 is 2.80 bits per heavy atom. The van der Waals surface area contributed by atoms with Crippen LogP contribution in [0.2, 0.25) is 0 Å². The van der Waals surface area contributed by atoms with Crippen molar-refractivity contribution in [2.24, 2.45) is 5.92 Å². The van der Waals surface area contributed by atoms with Gasteiger partial charge in [0.1, 0.15) is 0 Å². The topological polar surface area (TPSA) is 41.1 Å². The third kappa shape index (κ3) is 1.95. The third-order valence-electron chi connectivity index (χ3n) is 4.67. The van der Waals surface area contributed by atoms with Gasteiger partial charge in [0.05, 0.1) is 16.7 Å². The maximum atomic E-state index is 4.86. The zero-order chi connectivity index (χ0) is 13.5. The van der Waals surface area contributed by atoms with Gasteiger partial charge in [-0.05, 0) is 44.4 Å². The molecule has 1 N–H and O–H groups in total. The SMILES string of the molecule is Cc1nc2ccccc2nc1N1CCC2NCCC2C1. The summed E-state index contributed by atoms with van der Waals surface area (Å²) in [7, 11) is 0. The van der Waals surface area contributed by atoms with E-state index in [0.717, 1.165) is 47.6 Å². The van der Waals surface area contributed by atoms with Crippen LogP contribution < -0.4 is 10.2 Å². The number of hydrogen-bond donors (Lipinski definition) is 1. The van der Waals surface area contributed by atoms with Crippen molar-refractivity contribution in [1.82, 2.24) is 15.3 Å². The average Bonchev–Trinajstić information content (AvgIpc) is 2.94. The quantitative estimate of drug-likeness (QED) is 0.860. The molecule has 2 aromatic rings. The van der Waals surface area contributed by atoms with Gasteiger partial charge < -0.3 is 10.2 Å². The Kier molecular flexibility index (Phi) is 2.84. The zero-order valence-electron chi connectivity index (χ0n) is 11.8. The van der Waals surface area contributed by atoms with Gasteiger partial charge >= 0.3 is 0 Å². The maximum absolute atomic E-state index is 4.86. The summed E-state index contributed by atoms with van der Waals surface area (Å²) in [6.07, 6.45) is 2.51. The number of benzene rings is 1. The number of para-hydroxylation sites is 2. The van der Waals surface area contributed by atoms with Crippen LogP contribution in [0.1, 0.15) is 18.5 Å². The van der Waals surface area contributed by atoms with Gasteiger partial charge in [-0.15, -0.1) is 0 Å². The summed E-state index contributed by atoms with van der Waals surface area (Å²) in [5.41, 5.74) is 3.04. The minimum Gasteiger partial charge on any atom is -0.355 e. The minimum absolute atomic E-state index is 0.722. The first-order valence-corrected chi connectivity index (χ1v) is 7.53. The highest BCUT2D eigenvalue weighted by Crippen LogP contribution is 2.29. The van der Waals surface area contributed by atoms with E-state index in [-0.39, 0.29) is 0 Å². The lowest BCUT2D eigenvalue weighted by Crippen LogP contribution is -2.45. The molecule has 2 saturated heterocycles. The highest BCUT2D eigenvalue weighted by atomic mass is 15.2. The molecular weight excluding hydrogens is 248 g/mol. The molecule has 2 fully saturated rings. The lowest BCUT2D eigenvalue weighted by atomic mass is 9.93. The highest BCUT2D eigenvalue weighted by Gasteiger charge is 2.33. The van der Waals surface area contributed by atoms with Crippen molar-refractivity contribution in [3.05, 3.63) is 30.0 Å². The molecule has 1 aromatic heterocycles. The molecule has 2 aliphatic heterocycles. The zero-order valence-corrected chi connectivity index (χ0v) is 11.8. The number of nitrogens with one attached hydrogen (secondary N) is 1. The summed E-state index contributed by atoms with van der Waals surface area (Å²) < 4.78 is 0. The van der Waals surface area contributed by atoms with E-state index in [2.05, 4.69) is 23.2 Å². The molecule has 1 aromatic carbocycles. The molecule has 20 heavy (non-hydrogen) atoms. The molecule has 0 amide bonds. The van der Waals surface area contributed by atoms with Gasteiger partial charge in [-0.25, -0.2) is 9.97 Å². The van der Waals surface area contributed by atoms with Crippen molar-refractivity contribution in [3.63, 3.8) is 0 Å². The standard InChI is InChI=1S/C16H20N4/c1-11-16(19-15-5-3-2-4-14(15)18-11)20-9-7-13-12(10-20)6-8-17-13/h2-5,12-13,17H,6-10H2,1H3. The van der Waals surface area contributed by atoms with Crippen LogP contribution in [0.15, 0.2) is 24.3 Å². The highest BCUT2D eigenvalue weighted by molar-refractivity contribution is 5.76. The van der Waals surface area contributed by atoms with E-state index < -0.39 is 0 Å². The van der Waals surface area contributed by atoms with Crippen LogP contribution >= 0.6 is 0 Å². The fraction of sp³-hybridized carbons (Fsp3) is 0.500. The fourth-order valence-electron chi connectivity index (χ4n) is 3.62. The van der Waals surface area contributed by atoms with Crippen LogP contribution in [-0.2, 0) is 0 Å². The smallest absolute Gasteiger partial charge is 0.150 e. The first-order valence-electron chi connectivity index (χ1n) is 7.53. The van der Waals surface area contributed by atoms with Crippen LogP contribution in [0.25, 0.3) is 11.0 Å². The Morgan fingerprint density at radius 1 is 1.15 bits per heavy atom. The number of piperidine rings is 1. The number of hydrogen-bond acceptors (Lipinski definition) is 4. The predicted octanol–water partition coefficient (Wildman–Crippen LogP) is 2.13. The summed E-state index contributed by atoms with van der Waals surface area (Å²) in [6.45, 7) is 5.45. The number of aryl methyl sites for hydroxylation is 1. The molecule has 0 spiro atoms. The van der Waals surface area contributed by atoms with Crippen molar-refractivity contribution in [1.29, 1.82) is 0 Å². The summed E-state index contributed by atoms with van der Waals surface area (Å²) in [5, 5.41) is 3.61. The monoisotopic (exact) mass is 268 g/mol. The van der Waals surface area contributed by atoms with Gasteiger partial charge in [0.25, 0.3) is 0 Å². The van der Waals surface area contributed by atoms with Crippen molar-refractivity contribution < 1.29 is 0 Å². The van der Waals surface area contributed by atoms with Gasteiger partial charge in [-0.2, -0.15) is 0 Å². The normalized spacial score (nSPS) is 25.9. The first kappa shape index (κ1) is 12.1. The predicted molar refractivity (Wildman–Crippen MR) is 81.0 cm³/mol. The van der Waals surface area contributed by atoms with E-state index in [1.165, 1.54) is 19.4 Å². The Labute approximate surface area is 119 Å². The first-order chi connectivity index (χ1) is 9.81. The Bertz CT molecular complexity index is 639. The van der Waals surface area contributed by atoms with E-state index in [1.54, 1.807) is 0 Å². The van der Waals surface area contributed by atoms with Crippen molar-refractivity contribution >= 4 is 16.9 Å². The second kappa shape index (κ2) is 4.70. The minimum atomic E-state index is 0.722. The molecule has 0 radical (unpaired) electrons. The number of rotatable bonds is 1. The van der Waals surface area contributed by atoms with Crippen LogP contribution in [0.3, 0.4) is 0 Å².